The highest BCUT2D eigenvalue weighted by atomic mass is 19.1. The molecule has 32 heavy (non-hydrogen) atoms. The van der Waals surface area contributed by atoms with Crippen LogP contribution in [0.2, 0.25) is 0 Å². The molecule has 1 aliphatic heterocycles. The summed E-state index contributed by atoms with van der Waals surface area (Å²) in [4.78, 5) is 18.1. The van der Waals surface area contributed by atoms with Crippen molar-refractivity contribution in [1.82, 2.24) is 9.55 Å². The Balaban J connectivity index is 1.82. The first-order chi connectivity index (χ1) is 15.6. The van der Waals surface area contributed by atoms with Crippen molar-refractivity contribution < 1.29 is 13.9 Å². The summed E-state index contributed by atoms with van der Waals surface area (Å²) in [5, 5.41) is 3.33. The fraction of sp³-hybridized carbons (Fsp3) is 0.154. The van der Waals surface area contributed by atoms with Gasteiger partial charge in [-0.25, -0.2) is 14.2 Å². The number of rotatable bonds is 4. The molecule has 4 aromatic rings. The number of esters is 1. The van der Waals surface area contributed by atoms with Crippen molar-refractivity contribution in [3.05, 3.63) is 101 Å². The molecule has 160 valence electrons. The van der Waals surface area contributed by atoms with E-state index in [1.54, 1.807) is 19.1 Å². The first-order valence-corrected chi connectivity index (χ1v) is 10.5. The largest absolute Gasteiger partial charge is 0.463 e. The van der Waals surface area contributed by atoms with Crippen LogP contribution >= 0.6 is 0 Å². The van der Waals surface area contributed by atoms with Crippen LogP contribution in [0.5, 0.6) is 0 Å². The van der Waals surface area contributed by atoms with E-state index in [0.717, 1.165) is 22.2 Å². The van der Waals surface area contributed by atoms with Crippen LogP contribution in [0.25, 0.3) is 16.7 Å². The number of aryl methyl sites for hydroxylation is 1. The minimum Gasteiger partial charge on any atom is -0.463 e. The maximum absolute atomic E-state index is 13.6. The van der Waals surface area contributed by atoms with Gasteiger partial charge >= 0.3 is 5.97 Å². The number of imidazole rings is 1. The van der Waals surface area contributed by atoms with Crippen LogP contribution in [0, 0.1) is 12.7 Å². The van der Waals surface area contributed by atoms with Gasteiger partial charge in [0.05, 0.1) is 35.0 Å². The molecule has 0 saturated heterocycles. The van der Waals surface area contributed by atoms with Crippen molar-refractivity contribution >= 4 is 28.6 Å². The first-order valence-electron chi connectivity index (χ1n) is 10.5. The van der Waals surface area contributed by atoms with Gasteiger partial charge in [-0.05, 0) is 61.4 Å². The van der Waals surface area contributed by atoms with E-state index in [0.29, 0.717) is 22.8 Å². The average molecular weight is 427 g/mol. The molecule has 3 aromatic carbocycles. The molecule has 2 heterocycles. The number of nitrogens with zero attached hydrogens (tertiary/aromatic N) is 2. The molecule has 1 unspecified atom stereocenters. The van der Waals surface area contributed by atoms with Crippen LogP contribution in [-0.2, 0) is 9.53 Å². The summed E-state index contributed by atoms with van der Waals surface area (Å²) in [7, 11) is 0. The summed E-state index contributed by atoms with van der Waals surface area (Å²) in [6.45, 7) is 4.05. The Labute approximate surface area is 185 Å². The second kappa shape index (κ2) is 7.96. The first kappa shape index (κ1) is 20.0. The number of hydrogen-bond acceptors (Lipinski definition) is 4. The number of hydrogen-bond donors (Lipinski definition) is 1. The van der Waals surface area contributed by atoms with Crippen LogP contribution in [0.3, 0.4) is 0 Å². The zero-order valence-corrected chi connectivity index (χ0v) is 17.8. The minimum atomic E-state index is -0.460. The second-order valence-corrected chi connectivity index (χ2v) is 7.75. The van der Waals surface area contributed by atoms with Crippen LogP contribution < -0.4 is 5.32 Å². The third-order valence-corrected chi connectivity index (χ3v) is 5.65. The van der Waals surface area contributed by atoms with Gasteiger partial charge in [-0.2, -0.15) is 0 Å². The molecular formula is C26H22FN3O2. The fourth-order valence-electron chi connectivity index (χ4n) is 4.17. The summed E-state index contributed by atoms with van der Waals surface area (Å²) in [5.41, 5.74) is 5.49. The van der Waals surface area contributed by atoms with Gasteiger partial charge in [0.25, 0.3) is 0 Å². The summed E-state index contributed by atoms with van der Waals surface area (Å²) >= 11 is 0. The Hall–Kier alpha value is -3.93. The van der Waals surface area contributed by atoms with E-state index in [1.807, 2.05) is 60.0 Å². The predicted octanol–water partition coefficient (Wildman–Crippen LogP) is 5.47. The Bertz CT molecular complexity index is 1340. The van der Waals surface area contributed by atoms with E-state index in [9.17, 15) is 9.18 Å². The smallest absolute Gasteiger partial charge is 0.338 e. The maximum atomic E-state index is 13.6. The molecular weight excluding hydrogens is 405 g/mol. The number of benzene rings is 3. The van der Waals surface area contributed by atoms with Crippen molar-refractivity contribution in [2.45, 2.75) is 19.9 Å². The second-order valence-electron chi connectivity index (χ2n) is 7.75. The highest BCUT2D eigenvalue weighted by molar-refractivity contribution is 6.03. The summed E-state index contributed by atoms with van der Waals surface area (Å²) in [5.74, 6) is -0.150. The van der Waals surface area contributed by atoms with Crippen LogP contribution in [0.4, 0.5) is 10.3 Å². The van der Waals surface area contributed by atoms with E-state index in [-0.39, 0.29) is 12.4 Å². The van der Waals surface area contributed by atoms with Gasteiger partial charge in [-0.15, -0.1) is 0 Å². The SMILES string of the molecule is CCOC(=O)C1=C(c2ccc(F)cc2)Nc2nc3ccccc3n2C1c1ccc(C)cc1. The molecule has 0 bridgehead atoms. The molecule has 0 saturated carbocycles. The third-order valence-electron chi connectivity index (χ3n) is 5.65. The molecule has 0 spiro atoms. The molecule has 1 N–H and O–H groups in total. The Morgan fingerprint density at radius 3 is 2.50 bits per heavy atom. The van der Waals surface area contributed by atoms with E-state index < -0.39 is 12.0 Å². The molecule has 5 rings (SSSR count). The Kier molecular flexibility index (Phi) is 4.98. The van der Waals surface area contributed by atoms with Gasteiger partial charge in [0.1, 0.15) is 5.82 Å². The zero-order chi connectivity index (χ0) is 22.2. The highest BCUT2D eigenvalue weighted by Crippen LogP contribution is 2.42. The van der Waals surface area contributed by atoms with Crippen molar-refractivity contribution in [2.24, 2.45) is 0 Å². The van der Waals surface area contributed by atoms with Gasteiger partial charge in [0.15, 0.2) is 0 Å². The molecule has 0 fully saturated rings. The quantitative estimate of drug-likeness (QED) is 0.439. The molecule has 1 aliphatic rings. The van der Waals surface area contributed by atoms with Crippen LogP contribution in [0.1, 0.15) is 29.7 Å². The number of para-hydroxylation sites is 2. The van der Waals surface area contributed by atoms with Crippen molar-refractivity contribution in [3.8, 4) is 0 Å². The minimum absolute atomic E-state index is 0.247. The maximum Gasteiger partial charge on any atom is 0.338 e. The number of fused-ring (bicyclic) bond motifs is 3. The number of carbonyl (C=O) groups is 1. The van der Waals surface area contributed by atoms with Gasteiger partial charge in [-0.3, -0.25) is 4.57 Å². The molecule has 1 atom stereocenters. The lowest BCUT2D eigenvalue weighted by atomic mass is 9.92. The number of anilines is 1. The molecule has 0 radical (unpaired) electrons. The molecule has 0 amide bonds. The van der Waals surface area contributed by atoms with Crippen molar-refractivity contribution in [2.75, 3.05) is 11.9 Å². The highest BCUT2D eigenvalue weighted by Gasteiger charge is 2.36. The number of carbonyl (C=O) groups excluding carboxylic acids is 1. The van der Waals surface area contributed by atoms with E-state index in [1.165, 1.54) is 12.1 Å². The summed E-state index contributed by atoms with van der Waals surface area (Å²) in [6, 6.07) is 21.5. The van der Waals surface area contributed by atoms with E-state index >= 15 is 0 Å². The van der Waals surface area contributed by atoms with Crippen LogP contribution in [-0.4, -0.2) is 22.1 Å². The summed E-state index contributed by atoms with van der Waals surface area (Å²) in [6.07, 6.45) is 0. The fourth-order valence-corrected chi connectivity index (χ4v) is 4.17. The van der Waals surface area contributed by atoms with Gasteiger partial charge in [-0.1, -0.05) is 42.0 Å². The lowest BCUT2D eigenvalue weighted by Gasteiger charge is -2.31. The number of nitrogens with one attached hydrogen (secondary N) is 1. The Morgan fingerprint density at radius 1 is 1.06 bits per heavy atom. The zero-order valence-electron chi connectivity index (χ0n) is 17.8. The summed E-state index contributed by atoms with van der Waals surface area (Å²) < 4.78 is 21.2. The molecule has 6 heteroatoms. The van der Waals surface area contributed by atoms with Crippen molar-refractivity contribution in [1.29, 1.82) is 0 Å². The predicted molar refractivity (Wildman–Crippen MR) is 123 cm³/mol. The van der Waals surface area contributed by atoms with Crippen LogP contribution in [0.15, 0.2) is 78.4 Å². The molecule has 0 aliphatic carbocycles. The number of ether oxygens (including phenoxy) is 1. The topological polar surface area (TPSA) is 56.1 Å². The average Bonchev–Trinajstić information content (AvgIpc) is 3.17. The van der Waals surface area contributed by atoms with Gasteiger partial charge in [0, 0.05) is 0 Å². The normalized spacial score (nSPS) is 15.4. The molecule has 5 nitrogen and oxygen atoms in total. The monoisotopic (exact) mass is 427 g/mol. The number of halogens is 1. The lowest BCUT2D eigenvalue weighted by Crippen LogP contribution is -2.29. The lowest BCUT2D eigenvalue weighted by molar-refractivity contribution is -0.138. The van der Waals surface area contributed by atoms with Crippen molar-refractivity contribution in [3.63, 3.8) is 0 Å². The number of aromatic nitrogens is 2. The Morgan fingerprint density at radius 2 is 1.78 bits per heavy atom. The van der Waals surface area contributed by atoms with E-state index in [4.69, 9.17) is 9.72 Å². The van der Waals surface area contributed by atoms with Gasteiger partial charge in [0.2, 0.25) is 5.95 Å². The standard InChI is InChI=1S/C26H22FN3O2/c1-3-32-25(31)22-23(17-12-14-19(27)15-13-17)29-26-28-20-6-4-5-7-21(20)30(26)24(22)18-10-8-16(2)9-11-18/h4-15,24H,3H2,1-2H3,(H,28,29). The van der Waals surface area contributed by atoms with Gasteiger partial charge < -0.3 is 10.1 Å². The molecule has 1 aromatic heterocycles. The third kappa shape index (κ3) is 3.34. The van der Waals surface area contributed by atoms with E-state index in [2.05, 4.69) is 5.32 Å².